The van der Waals surface area contributed by atoms with Gasteiger partial charge in [-0.2, -0.15) is 15.0 Å². The first-order chi connectivity index (χ1) is 14.1. The van der Waals surface area contributed by atoms with Crippen LogP contribution in [0.15, 0.2) is 18.2 Å². The minimum atomic E-state index is -0.436. The van der Waals surface area contributed by atoms with Crippen LogP contribution < -0.4 is 21.3 Å². The zero-order chi connectivity index (χ0) is 21.9. The van der Waals surface area contributed by atoms with Crippen LogP contribution in [0.3, 0.4) is 0 Å². The second-order valence-electron chi connectivity index (χ2n) is 9.31. The van der Waals surface area contributed by atoms with Crippen molar-refractivity contribution in [2.75, 3.05) is 36.9 Å². The van der Waals surface area contributed by atoms with Crippen LogP contribution in [0.5, 0.6) is 0 Å². The third kappa shape index (κ3) is 5.89. The number of nitrogens with one attached hydrogen (secondary N) is 2. The van der Waals surface area contributed by atoms with Gasteiger partial charge in [-0.15, -0.1) is 0 Å². The van der Waals surface area contributed by atoms with Gasteiger partial charge in [0.25, 0.3) is 0 Å². The van der Waals surface area contributed by atoms with Gasteiger partial charge < -0.3 is 21.3 Å². The van der Waals surface area contributed by atoms with E-state index in [9.17, 15) is 4.79 Å². The Morgan fingerprint density at radius 1 is 1.30 bits per heavy atom. The van der Waals surface area contributed by atoms with Crippen molar-refractivity contribution >= 4 is 17.8 Å². The van der Waals surface area contributed by atoms with E-state index in [4.69, 9.17) is 10.7 Å². The number of rotatable bonds is 7. The van der Waals surface area contributed by atoms with E-state index in [0.29, 0.717) is 35.7 Å². The summed E-state index contributed by atoms with van der Waals surface area (Å²) in [5.41, 5.74) is 8.11. The van der Waals surface area contributed by atoms with Crippen LogP contribution in [0.2, 0.25) is 0 Å². The number of hydrogen-bond acceptors (Lipinski definition) is 7. The quantitative estimate of drug-likeness (QED) is 0.640. The molecule has 8 heteroatoms. The molecule has 2 aromatic rings. The Labute approximate surface area is 178 Å². The summed E-state index contributed by atoms with van der Waals surface area (Å²) in [5, 5.41) is 6.80. The van der Waals surface area contributed by atoms with Gasteiger partial charge in [0.15, 0.2) is 0 Å². The highest BCUT2D eigenvalue weighted by atomic mass is 16.1. The minimum absolute atomic E-state index is 0.108. The Morgan fingerprint density at radius 2 is 2.07 bits per heavy atom. The predicted octanol–water partition coefficient (Wildman–Crippen LogP) is 2.13. The third-order valence-corrected chi connectivity index (χ3v) is 5.10. The molecule has 0 saturated carbocycles. The fourth-order valence-corrected chi connectivity index (χ4v) is 3.65. The second-order valence-corrected chi connectivity index (χ2v) is 9.31. The Morgan fingerprint density at radius 3 is 2.70 bits per heavy atom. The van der Waals surface area contributed by atoms with Crippen LogP contribution in [0.1, 0.15) is 54.5 Å². The van der Waals surface area contributed by atoms with Gasteiger partial charge in [-0.3, -0.25) is 4.79 Å². The zero-order valence-corrected chi connectivity index (χ0v) is 18.6. The molecule has 1 saturated heterocycles. The van der Waals surface area contributed by atoms with Gasteiger partial charge in [-0.05, 0) is 48.6 Å². The number of benzene rings is 1. The molecule has 3 rings (SSSR count). The first-order valence-corrected chi connectivity index (χ1v) is 10.4. The lowest BCUT2D eigenvalue weighted by Crippen LogP contribution is -2.31. The van der Waals surface area contributed by atoms with Gasteiger partial charge in [0.1, 0.15) is 5.82 Å². The van der Waals surface area contributed by atoms with Crippen LogP contribution in [-0.2, 0) is 6.42 Å². The summed E-state index contributed by atoms with van der Waals surface area (Å²) in [6, 6.07) is 5.79. The normalized spacial score (nSPS) is 16.5. The standard InChI is InChI=1S/C22H33N7O/c1-14-6-7-15(19(23)30)10-16(14)11-18-26-20(25-17-8-9-24-12-17)28-21(27-18)29(5)13-22(2,3)4/h6-7,10,17,24H,8-9,11-13H2,1-5H3,(H2,23,30)(H,25,26,27,28)/t17-/m1/s1. The van der Waals surface area contributed by atoms with Crippen LogP contribution in [0.25, 0.3) is 0 Å². The maximum Gasteiger partial charge on any atom is 0.248 e. The summed E-state index contributed by atoms with van der Waals surface area (Å²) in [4.78, 5) is 27.8. The van der Waals surface area contributed by atoms with Gasteiger partial charge in [-0.25, -0.2) is 0 Å². The van der Waals surface area contributed by atoms with Gasteiger partial charge in [0, 0.05) is 38.2 Å². The zero-order valence-electron chi connectivity index (χ0n) is 18.6. The topological polar surface area (TPSA) is 109 Å². The number of anilines is 2. The first-order valence-electron chi connectivity index (χ1n) is 10.4. The molecule has 2 heterocycles. The fraction of sp³-hybridized carbons (Fsp3) is 0.545. The molecule has 1 atom stereocenters. The van der Waals surface area contributed by atoms with Crippen LogP contribution in [0.4, 0.5) is 11.9 Å². The largest absolute Gasteiger partial charge is 0.366 e. The highest BCUT2D eigenvalue weighted by Crippen LogP contribution is 2.21. The van der Waals surface area contributed by atoms with Crippen molar-refractivity contribution in [2.24, 2.45) is 11.1 Å². The molecule has 0 unspecified atom stereocenters. The lowest BCUT2D eigenvalue weighted by atomic mass is 9.96. The highest BCUT2D eigenvalue weighted by Gasteiger charge is 2.20. The average Bonchev–Trinajstić information content (AvgIpc) is 3.14. The number of amides is 1. The van der Waals surface area contributed by atoms with Crippen molar-refractivity contribution in [3.05, 3.63) is 40.7 Å². The molecule has 1 aromatic heterocycles. The molecule has 8 nitrogen and oxygen atoms in total. The van der Waals surface area contributed by atoms with E-state index in [1.807, 2.05) is 26.1 Å². The van der Waals surface area contributed by atoms with E-state index in [0.717, 1.165) is 37.2 Å². The molecule has 1 fully saturated rings. The molecular formula is C22H33N7O. The molecule has 1 amide bonds. The van der Waals surface area contributed by atoms with E-state index in [-0.39, 0.29) is 5.41 Å². The third-order valence-electron chi connectivity index (χ3n) is 5.10. The summed E-state index contributed by atoms with van der Waals surface area (Å²) in [6.07, 6.45) is 1.54. The number of aryl methyl sites for hydroxylation is 1. The summed E-state index contributed by atoms with van der Waals surface area (Å²) in [7, 11) is 2.00. The summed E-state index contributed by atoms with van der Waals surface area (Å²) < 4.78 is 0. The highest BCUT2D eigenvalue weighted by molar-refractivity contribution is 5.93. The SMILES string of the molecule is Cc1ccc(C(N)=O)cc1Cc1nc(N[C@@H]2CCNC2)nc(N(C)CC(C)(C)C)n1. The van der Waals surface area contributed by atoms with E-state index in [1.54, 1.807) is 6.07 Å². The molecule has 1 aromatic carbocycles. The van der Waals surface area contributed by atoms with Crippen molar-refractivity contribution in [3.8, 4) is 0 Å². The molecule has 0 bridgehead atoms. The molecule has 1 aliphatic rings. The Balaban J connectivity index is 1.92. The molecule has 1 aliphatic heterocycles. The van der Waals surface area contributed by atoms with Crippen LogP contribution >= 0.6 is 0 Å². The molecule has 0 spiro atoms. The molecular weight excluding hydrogens is 378 g/mol. The van der Waals surface area contributed by atoms with Crippen molar-refractivity contribution in [1.29, 1.82) is 0 Å². The van der Waals surface area contributed by atoms with E-state index in [2.05, 4.69) is 46.3 Å². The smallest absolute Gasteiger partial charge is 0.248 e. The molecule has 30 heavy (non-hydrogen) atoms. The fourth-order valence-electron chi connectivity index (χ4n) is 3.65. The maximum atomic E-state index is 11.6. The maximum absolute atomic E-state index is 11.6. The number of carbonyl (C=O) groups excluding carboxylic acids is 1. The number of nitrogens with two attached hydrogens (primary N) is 1. The van der Waals surface area contributed by atoms with Crippen molar-refractivity contribution in [3.63, 3.8) is 0 Å². The van der Waals surface area contributed by atoms with E-state index < -0.39 is 5.91 Å². The van der Waals surface area contributed by atoms with Gasteiger partial charge in [0.05, 0.1) is 0 Å². The Bertz CT molecular complexity index is 901. The molecule has 4 N–H and O–H groups in total. The van der Waals surface area contributed by atoms with Gasteiger partial charge in [-0.1, -0.05) is 26.8 Å². The summed E-state index contributed by atoms with van der Waals surface area (Å²) in [5.74, 6) is 1.47. The number of primary amides is 1. The van der Waals surface area contributed by atoms with Crippen LogP contribution in [-0.4, -0.2) is 53.6 Å². The lowest BCUT2D eigenvalue weighted by Gasteiger charge is -2.27. The van der Waals surface area contributed by atoms with Crippen molar-refractivity contribution in [1.82, 2.24) is 20.3 Å². The minimum Gasteiger partial charge on any atom is -0.366 e. The second kappa shape index (κ2) is 8.95. The number of aromatic nitrogens is 3. The number of hydrogen-bond donors (Lipinski definition) is 3. The Hall–Kier alpha value is -2.74. The molecule has 0 aliphatic carbocycles. The van der Waals surface area contributed by atoms with Crippen molar-refractivity contribution < 1.29 is 4.79 Å². The van der Waals surface area contributed by atoms with E-state index >= 15 is 0 Å². The number of carbonyl (C=O) groups is 1. The van der Waals surface area contributed by atoms with E-state index in [1.165, 1.54) is 0 Å². The van der Waals surface area contributed by atoms with Crippen molar-refractivity contribution in [2.45, 2.75) is 46.6 Å². The monoisotopic (exact) mass is 411 g/mol. The summed E-state index contributed by atoms with van der Waals surface area (Å²) >= 11 is 0. The lowest BCUT2D eigenvalue weighted by molar-refractivity contribution is 0.1000. The molecule has 0 radical (unpaired) electrons. The van der Waals surface area contributed by atoms with Crippen LogP contribution in [0, 0.1) is 12.3 Å². The predicted molar refractivity (Wildman–Crippen MR) is 120 cm³/mol. The molecule has 162 valence electrons. The first kappa shape index (κ1) is 22.0. The van der Waals surface area contributed by atoms with Gasteiger partial charge >= 0.3 is 0 Å². The average molecular weight is 412 g/mol. The number of nitrogens with zero attached hydrogens (tertiary/aromatic N) is 4. The summed E-state index contributed by atoms with van der Waals surface area (Å²) in [6.45, 7) is 11.3. The van der Waals surface area contributed by atoms with Gasteiger partial charge in [0.2, 0.25) is 17.8 Å². The Kier molecular flexibility index (Phi) is 6.55.